The molecule has 2 aromatic carbocycles. The summed E-state index contributed by atoms with van der Waals surface area (Å²) in [6, 6.07) is 10.2. The Morgan fingerprint density at radius 2 is 1.90 bits per heavy atom. The van der Waals surface area contributed by atoms with Crippen molar-refractivity contribution >= 4 is 16.9 Å². The molecular weight excluding hydrogens is 398 g/mol. The lowest BCUT2D eigenvalue weighted by Crippen LogP contribution is -2.88. The van der Waals surface area contributed by atoms with E-state index >= 15 is 0 Å². The lowest BCUT2D eigenvalue weighted by atomic mass is 10.0. The predicted octanol–water partition coefficient (Wildman–Crippen LogP) is 2.56. The van der Waals surface area contributed by atoms with Gasteiger partial charge in [0.05, 0.1) is 30.7 Å². The molecule has 1 saturated heterocycles. The van der Waals surface area contributed by atoms with Gasteiger partial charge in [-0.3, -0.25) is 4.79 Å². The van der Waals surface area contributed by atoms with E-state index in [2.05, 4.69) is 0 Å². The van der Waals surface area contributed by atoms with Crippen LogP contribution in [0.3, 0.4) is 0 Å². The van der Waals surface area contributed by atoms with Crippen molar-refractivity contribution in [3.63, 3.8) is 0 Å². The number of carbonyl (C=O) groups excluding carboxylic acids is 1. The van der Waals surface area contributed by atoms with Crippen molar-refractivity contribution in [1.82, 2.24) is 0 Å². The zero-order valence-corrected chi connectivity index (χ0v) is 17.3. The predicted molar refractivity (Wildman–Crippen MR) is 114 cm³/mol. The van der Waals surface area contributed by atoms with Crippen molar-refractivity contribution in [2.75, 3.05) is 19.8 Å². The number of quaternary nitrogens is 1. The van der Waals surface area contributed by atoms with Crippen molar-refractivity contribution in [3.8, 4) is 28.4 Å². The molecule has 0 aliphatic carbocycles. The number of fused-ring (bicyclic) bond motifs is 2. The highest BCUT2D eigenvalue weighted by Crippen LogP contribution is 2.35. The van der Waals surface area contributed by atoms with Gasteiger partial charge in [-0.15, -0.1) is 0 Å². The first-order chi connectivity index (χ1) is 15.1. The topological polar surface area (TPSA) is 91.6 Å². The van der Waals surface area contributed by atoms with Crippen LogP contribution in [0.1, 0.15) is 25.0 Å². The van der Waals surface area contributed by atoms with Crippen molar-refractivity contribution < 1.29 is 28.7 Å². The van der Waals surface area contributed by atoms with Gasteiger partial charge in [0, 0.05) is 25.3 Å². The molecule has 5 rings (SSSR count). The third-order valence-electron chi connectivity index (χ3n) is 5.77. The molecule has 3 heterocycles. The molecule has 2 N–H and O–H groups in total. The van der Waals surface area contributed by atoms with E-state index in [1.54, 1.807) is 25.1 Å². The highest BCUT2D eigenvalue weighted by molar-refractivity contribution is 5.85. The molecule has 0 amide bonds. The molecule has 0 bridgehead atoms. The average Bonchev–Trinajstić information content (AvgIpc) is 3.20. The first-order valence-electron chi connectivity index (χ1n) is 10.6. The molecule has 1 unspecified atom stereocenters. The highest BCUT2D eigenvalue weighted by Gasteiger charge is 2.28. The molecule has 31 heavy (non-hydrogen) atoms. The molecule has 160 valence electrons. The largest absolute Gasteiger partial charge is 0.490 e. The van der Waals surface area contributed by atoms with Gasteiger partial charge < -0.3 is 23.9 Å². The van der Waals surface area contributed by atoms with Crippen molar-refractivity contribution in [2.45, 2.75) is 32.2 Å². The van der Waals surface area contributed by atoms with Gasteiger partial charge in [0.2, 0.25) is 5.43 Å². The van der Waals surface area contributed by atoms with Crippen LogP contribution < -0.4 is 25.0 Å². The smallest absolute Gasteiger partial charge is 0.370 e. The number of carbonyl (C=O) groups is 1. The summed E-state index contributed by atoms with van der Waals surface area (Å²) in [5.41, 5.74) is 1.44. The van der Waals surface area contributed by atoms with Crippen molar-refractivity contribution in [1.29, 1.82) is 0 Å². The van der Waals surface area contributed by atoms with E-state index in [4.69, 9.17) is 18.6 Å². The average molecular weight is 422 g/mol. The number of nitrogens with two attached hydrogens (primary N) is 1. The Hall–Kier alpha value is -3.32. The second-order valence-electron chi connectivity index (χ2n) is 7.93. The van der Waals surface area contributed by atoms with Crippen LogP contribution in [0.5, 0.6) is 17.2 Å². The third kappa shape index (κ3) is 3.77. The molecule has 0 saturated carbocycles. The van der Waals surface area contributed by atoms with Crippen LogP contribution in [-0.2, 0) is 4.79 Å². The molecule has 0 radical (unpaired) electrons. The number of esters is 1. The summed E-state index contributed by atoms with van der Waals surface area (Å²) >= 11 is 0. The quantitative estimate of drug-likeness (QED) is 0.515. The Morgan fingerprint density at radius 1 is 1.06 bits per heavy atom. The minimum absolute atomic E-state index is 0.143. The maximum atomic E-state index is 13.3. The molecule has 2 aliphatic rings. The van der Waals surface area contributed by atoms with Crippen LogP contribution in [0.15, 0.2) is 45.6 Å². The van der Waals surface area contributed by atoms with Gasteiger partial charge in [0.15, 0.2) is 17.5 Å². The van der Waals surface area contributed by atoms with Crippen LogP contribution in [-0.4, -0.2) is 31.8 Å². The maximum absolute atomic E-state index is 13.3. The molecule has 3 aromatic rings. The van der Waals surface area contributed by atoms with Gasteiger partial charge in [-0.05, 0) is 36.8 Å². The summed E-state index contributed by atoms with van der Waals surface area (Å²) in [6.45, 7) is 3.87. The van der Waals surface area contributed by atoms with Crippen LogP contribution in [0, 0.1) is 6.92 Å². The number of aryl methyl sites for hydroxylation is 1. The van der Waals surface area contributed by atoms with Gasteiger partial charge in [0.1, 0.15) is 17.1 Å². The number of hydrogen-bond acceptors (Lipinski definition) is 6. The first kappa shape index (κ1) is 19.6. The maximum Gasteiger partial charge on any atom is 0.370 e. The van der Waals surface area contributed by atoms with E-state index in [-0.39, 0.29) is 17.4 Å². The number of hydrogen-bond donors (Lipinski definition) is 1. The molecule has 2 aliphatic heterocycles. The Balaban J connectivity index is 1.50. The molecule has 1 fully saturated rings. The molecular formula is C24H24NO6+. The van der Waals surface area contributed by atoms with Crippen molar-refractivity contribution in [3.05, 3.63) is 52.4 Å². The summed E-state index contributed by atoms with van der Waals surface area (Å²) in [5, 5.41) is 2.43. The van der Waals surface area contributed by atoms with Crippen molar-refractivity contribution in [2.24, 2.45) is 0 Å². The first-order valence-corrected chi connectivity index (χ1v) is 10.6. The van der Waals surface area contributed by atoms with E-state index in [1.807, 2.05) is 23.5 Å². The number of rotatable bonds is 3. The molecule has 7 nitrogen and oxygen atoms in total. The fourth-order valence-corrected chi connectivity index (χ4v) is 4.18. The van der Waals surface area contributed by atoms with Gasteiger partial charge in [-0.2, -0.15) is 0 Å². The number of ether oxygens (including phenoxy) is 3. The summed E-state index contributed by atoms with van der Waals surface area (Å²) in [5.74, 6) is 1.90. The minimum atomic E-state index is -0.264. The normalized spacial score (nSPS) is 18.0. The lowest BCUT2D eigenvalue weighted by Gasteiger charge is -2.12. The minimum Gasteiger partial charge on any atom is -0.490 e. The SMILES string of the molecule is Cc1oc2cc(OC(=O)C3CCC[NH2+]3)ccc2c(=O)c1-c1ccc2c(c1)OCCCO2. The summed E-state index contributed by atoms with van der Waals surface area (Å²) in [4.78, 5) is 25.6. The zero-order valence-electron chi connectivity index (χ0n) is 17.3. The van der Waals surface area contributed by atoms with E-state index in [0.717, 1.165) is 25.8 Å². The van der Waals surface area contributed by atoms with Crippen LogP contribution in [0.25, 0.3) is 22.1 Å². The van der Waals surface area contributed by atoms with Crippen LogP contribution in [0.2, 0.25) is 0 Å². The zero-order chi connectivity index (χ0) is 21.4. The van der Waals surface area contributed by atoms with Gasteiger partial charge in [-0.1, -0.05) is 6.07 Å². The molecule has 7 heteroatoms. The Morgan fingerprint density at radius 3 is 2.71 bits per heavy atom. The second-order valence-corrected chi connectivity index (χ2v) is 7.93. The van der Waals surface area contributed by atoms with Crippen LogP contribution >= 0.6 is 0 Å². The standard InChI is InChI=1S/C24H23NO6/c1-14-22(15-5-8-19-21(12-15)29-11-3-10-28-19)23(26)17-7-6-16(13-20(17)30-14)31-24(27)18-4-2-9-25-18/h5-8,12-13,18,25H,2-4,9-11H2,1H3/p+1. The van der Waals surface area contributed by atoms with E-state index in [9.17, 15) is 9.59 Å². The monoisotopic (exact) mass is 422 g/mol. The summed E-state index contributed by atoms with van der Waals surface area (Å²) < 4.78 is 22.9. The van der Waals surface area contributed by atoms with Gasteiger partial charge >= 0.3 is 5.97 Å². The Kier molecular flexibility index (Phi) is 5.11. The van der Waals surface area contributed by atoms with Crippen LogP contribution in [0.4, 0.5) is 0 Å². The second kappa shape index (κ2) is 8.07. The van der Waals surface area contributed by atoms with E-state index in [0.29, 0.717) is 58.3 Å². The lowest BCUT2D eigenvalue weighted by molar-refractivity contribution is -0.658. The Bertz CT molecular complexity index is 1210. The summed E-state index contributed by atoms with van der Waals surface area (Å²) in [6.07, 6.45) is 2.64. The van der Waals surface area contributed by atoms with Gasteiger partial charge in [0.25, 0.3) is 0 Å². The third-order valence-corrected chi connectivity index (χ3v) is 5.77. The molecule has 0 spiro atoms. The highest BCUT2D eigenvalue weighted by atomic mass is 16.5. The fourth-order valence-electron chi connectivity index (χ4n) is 4.18. The fraction of sp³-hybridized carbons (Fsp3) is 0.333. The van der Waals surface area contributed by atoms with E-state index < -0.39 is 0 Å². The number of benzene rings is 2. The van der Waals surface area contributed by atoms with E-state index in [1.165, 1.54) is 0 Å². The molecule has 1 aromatic heterocycles. The summed E-state index contributed by atoms with van der Waals surface area (Å²) in [7, 11) is 0. The Labute approximate surface area is 178 Å². The van der Waals surface area contributed by atoms with Gasteiger partial charge in [-0.25, -0.2) is 4.79 Å². The molecule has 1 atom stereocenters.